The van der Waals surface area contributed by atoms with E-state index in [1.165, 1.54) is 0 Å². The lowest BCUT2D eigenvalue weighted by Crippen LogP contribution is -2.20. The van der Waals surface area contributed by atoms with Crippen LogP contribution in [-0.2, 0) is 4.79 Å². The summed E-state index contributed by atoms with van der Waals surface area (Å²) in [5.74, 6) is 0.913. The van der Waals surface area contributed by atoms with E-state index < -0.39 is 0 Å². The number of carbonyl (C=O) groups excluding carboxylic acids is 1. The topological polar surface area (TPSA) is 47.6 Å². The zero-order valence-corrected chi connectivity index (χ0v) is 13.3. The number of hydrogen-bond donors (Lipinski definition) is 1. The summed E-state index contributed by atoms with van der Waals surface area (Å²) in [5, 5.41) is 3.36. The largest absolute Gasteiger partial charge is 0.490 e. The van der Waals surface area contributed by atoms with Gasteiger partial charge in [0.05, 0.1) is 6.61 Å². The molecule has 1 amide bonds. The Morgan fingerprint density at radius 3 is 2.50 bits per heavy atom. The second-order valence-electron chi connectivity index (χ2n) is 4.68. The lowest BCUT2D eigenvalue weighted by molar-refractivity contribution is -0.118. The molecule has 2 rings (SSSR count). The van der Waals surface area contributed by atoms with Crippen molar-refractivity contribution in [2.24, 2.45) is 0 Å². The Morgan fingerprint density at radius 1 is 1.14 bits per heavy atom. The van der Waals surface area contributed by atoms with Gasteiger partial charge >= 0.3 is 0 Å². The Labute approximate surface area is 135 Å². The van der Waals surface area contributed by atoms with Crippen molar-refractivity contribution in [1.82, 2.24) is 0 Å². The molecule has 5 heteroatoms. The lowest BCUT2D eigenvalue weighted by atomic mass is 10.2. The van der Waals surface area contributed by atoms with E-state index in [4.69, 9.17) is 21.1 Å². The maximum Gasteiger partial charge on any atom is 0.262 e. The normalized spacial score (nSPS) is 10.1. The number of benzene rings is 2. The Kier molecular flexibility index (Phi) is 5.67. The maximum absolute atomic E-state index is 12.0. The molecule has 22 heavy (non-hydrogen) atoms. The third kappa shape index (κ3) is 4.40. The van der Waals surface area contributed by atoms with E-state index in [-0.39, 0.29) is 12.5 Å². The van der Waals surface area contributed by atoms with Crippen LogP contribution in [0.5, 0.6) is 11.5 Å². The average Bonchev–Trinajstić information content (AvgIpc) is 2.50. The number of carbonyl (C=O) groups is 1. The van der Waals surface area contributed by atoms with E-state index in [1.807, 2.05) is 32.0 Å². The van der Waals surface area contributed by atoms with Gasteiger partial charge in [-0.05, 0) is 43.7 Å². The highest BCUT2D eigenvalue weighted by Crippen LogP contribution is 2.26. The standard InChI is InChI=1S/C17H18ClNO3/c1-3-21-15-6-4-5-7-16(15)22-11-17(20)19-14-10-13(18)9-8-12(14)2/h4-10H,3,11H2,1-2H3,(H,19,20). The Bertz CT molecular complexity index is 658. The van der Waals surface area contributed by atoms with E-state index in [2.05, 4.69) is 5.32 Å². The molecule has 0 saturated carbocycles. The van der Waals surface area contributed by atoms with Crippen LogP contribution in [0.2, 0.25) is 5.02 Å². The highest BCUT2D eigenvalue weighted by molar-refractivity contribution is 6.31. The molecule has 0 aromatic heterocycles. The van der Waals surface area contributed by atoms with Crippen molar-refractivity contribution in [2.45, 2.75) is 13.8 Å². The molecule has 2 aromatic rings. The molecule has 0 spiro atoms. The monoisotopic (exact) mass is 319 g/mol. The third-order valence-corrected chi connectivity index (χ3v) is 3.22. The van der Waals surface area contributed by atoms with Gasteiger partial charge in [0.1, 0.15) is 0 Å². The summed E-state index contributed by atoms with van der Waals surface area (Å²) >= 11 is 5.93. The van der Waals surface area contributed by atoms with Gasteiger partial charge in [0, 0.05) is 10.7 Å². The van der Waals surface area contributed by atoms with Crippen molar-refractivity contribution in [3.63, 3.8) is 0 Å². The number of nitrogens with one attached hydrogen (secondary N) is 1. The van der Waals surface area contributed by atoms with Gasteiger partial charge in [-0.3, -0.25) is 4.79 Å². The smallest absolute Gasteiger partial charge is 0.262 e. The van der Waals surface area contributed by atoms with Gasteiger partial charge in [-0.1, -0.05) is 29.8 Å². The van der Waals surface area contributed by atoms with E-state index in [9.17, 15) is 4.79 Å². The van der Waals surface area contributed by atoms with Gasteiger partial charge < -0.3 is 14.8 Å². The zero-order valence-electron chi connectivity index (χ0n) is 12.6. The van der Waals surface area contributed by atoms with E-state index in [1.54, 1.807) is 24.3 Å². The van der Waals surface area contributed by atoms with Crippen LogP contribution in [-0.4, -0.2) is 19.1 Å². The molecule has 4 nitrogen and oxygen atoms in total. The van der Waals surface area contributed by atoms with Crippen LogP contribution in [0.15, 0.2) is 42.5 Å². The maximum atomic E-state index is 12.0. The number of halogens is 1. The summed E-state index contributed by atoms with van der Waals surface area (Å²) in [4.78, 5) is 12.0. The molecule has 0 unspecified atom stereocenters. The summed E-state index contributed by atoms with van der Waals surface area (Å²) in [6, 6.07) is 12.6. The third-order valence-electron chi connectivity index (χ3n) is 2.98. The molecule has 1 N–H and O–H groups in total. The van der Waals surface area contributed by atoms with Crippen molar-refractivity contribution in [3.8, 4) is 11.5 Å². The van der Waals surface area contributed by atoms with Gasteiger partial charge in [0.15, 0.2) is 18.1 Å². The molecular weight excluding hydrogens is 302 g/mol. The van der Waals surface area contributed by atoms with Crippen LogP contribution < -0.4 is 14.8 Å². The van der Waals surface area contributed by atoms with Crippen LogP contribution >= 0.6 is 11.6 Å². The SMILES string of the molecule is CCOc1ccccc1OCC(=O)Nc1cc(Cl)ccc1C. The summed E-state index contributed by atoms with van der Waals surface area (Å²) in [6.07, 6.45) is 0. The first kappa shape index (κ1) is 16.2. The molecule has 0 aliphatic rings. The molecule has 0 bridgehead atoms. The number of hydrogen-bond acceptors (Lipinski definition) is 3. The molecule has 0 radical (unpaired) electrons. The predicted octanol–water partition coefficient (Wildman–Crippen LogP) is 4.06. The van der Waals surface area contributed by atoms with Crippen LogP contribution in [0.3, 0.4) is 0 Å². The first-order valence-electron chi connectivity index (χ1n) is 7.00. The second kappa shape index (κ2) is 7.71. The van der Waals surface area contributed by atoms with Gasteiger partial charge in [-0.2, -0.15) is 0 Å². The summed E-state index contributed by atoms with van der Waals surface area (Å²) in [6.45, 7) is 4.23. The fourth-order valence-electron chi connectivity index (χ4n) is 1.90. The molecule has 0 saturated heterocycles. The summed E-state index contributed by atoms with van der Waals surface area (Å²) in [5.41, 5.74) is 1.62. The first-order valence-corrected chi connectivity index (χ1v) is 7.38. The van der Waals surface area contributed by atoms with E-state index in [0.29, 0.717) is 28.8 Å². The van der Waals surface area contributed by atoms with Crippen LogP contribution in [0, 0.1) is 6.92 Å². The molecule has 0 atom stereocenters. The number of rotatable bonds is 6. The van der Waals surface area contributed by atoms with Crippen molar-refractivity contribution < 1.29 is 14.3 Å². The summed E-state index contributed by atoms with van der Waals surface area (Å²) < 4.78 is 11.0. The minimum Gasteiger partial charge on any atom is -0.490 e. The minimum atomic E-state index is -0.253. The predicted molar refractivity (Wildman–Crippen MR) is 87.9 cm³/mol. The van der Waals surface area contributed by atoms with E-state index in [0.717, 1.165) is 5.56 Å². The zero-order chi connectivity index (χ0) is 15.9. The van der Waals surface area contributed by atoms with Gasteiger partial charge in [-0.25, -0.2) is 0 Å². The quantitative estimate of drug-likeness (QED) is 0.873. The molecule has 2 aromatic carbocycles. The molecular formula is C17H18ClNO3. The van der Waals surface area contributed by atoms with Crippen LogP contribution in [0.4, 0.5) is 5.69 Å². The van der Waals surface area contributed by atoms with Crippen LogP contribution in [0.1, 0.15) is 12.5 Å². The fourth-order valence-corrected chi connectivity index (χ4v) is 2.07. The van der Waals surface area contributed by atoms with Crippen molar-refractivity contribution in [2.75, 3.05) is 18.5 Å². The number of anilines is 1. The van der Waals surface area contributed by atoms with Gasteiger partial charge in [-0.15, -0.1) is 0 Å². The number of aryl methyl sites for hydroxylation is 1. The fraction of sp³-hybridized carbons (Fsp3) is 0.235. The Balaban J connectivity index is 1.97. The van der Waals surface area contributed by atoms with Crippen molar-refractivity contribution in [3.05, 3.63) is 53.1 Å². The molecule has 0 aliphatic heterocycles. The van der Waals surface area contributed by atoms with Crippen molar-refractivity contribution in [1.29, 1.82) is 0 Å². The molecule has 0 aliphatic carbocycles. The second-order valence-corrected chi connectivity index (χ2v) is 5.11. The molecule has 116 valence electrons. The first-order chi connectivity index (χ1) is 10.6. The Morgan fingerprint density at radius 2 is 1.82 bits per heavy atom. The molecule has 0 fully saturated rings. The van der Waals surface area contributed by atoms with Gasteiger partial charge in [0.25, 0.3) is 5.91 Å². The highest BCUT2D eigenvalue weighted by Gasteiger charge is 2.09. The highest BCUT2D eigenvalue weighted by atomic mass is 35.5. The minimum absolute atomic E-state index is 0.101. The van der Waals surface area contributed by atoms with E-state index >= 15 is 0 Å². The van der Waals surface area contributed by atoms with Crippen molar-refractivity contribution >= 4 is 23.2 Å². The van der Waals surface area contributed by atoms with Crippen LogP contribution in [0.25, 0.3) is 0 Å². The number of para-hydroxylation sites is 2. The summed E-state index contributed by atoms with van der Waals surface area (Å²) in [7, 11) is 0. The number of ether oxygens (including phenoxy) is 2. The lowest BCUT2D eigenvalue weighted by Gasteiger charge is -2.12. The average molecular weight is 320 g/mol. The Hall–Kier alpha value is -2.20. The number of amides is 1. The molecule has 0 heterocycles. The van der Waals surface area contributed by atoms with Gasteiger partial charge in [0.2, 0.25) is 0 Å².